The lowest BCUT2D eigenvalue weighted by Gasteiger charge is -2.07. The van der Waals surface area contributed by atoms with Gasteiger partial charge in [-0.15, -0.1) is 0 Å². The maximum atomic E-state index is 11.5. The van der Waals surface area contributed by atoms with Gasteiger partial charge in [0.05, 0.1) is 17.1 Å². The van der Waals surface area contributed by atoms with E-state index in [4.69, 9.17) is 10.5 Å². The Labute approximate surface area is 104 Å². The summed E-state index contributed by atoms with van der Waals surface area (Å²) < 4.78 is 4.78. The van der Waals surface area contributed by atoms with Crippen LogP contribution in [0.3, 0.4) is 0 Å². The van der Waals surface area contributed by atoms with Gasteiger partial charge in [0.2, 0.25) is 0 Å². The van der Waals surface area contributed by atoms with Crippen molar-refractivity contribution >= 4 is 17.3 Å². The van der Waals surface area contributed by atoms with E-state index in [1.807, 2.05) is 0 Å². The smallest absolute Gasteiger partial charge is 0.338 e. The predicted octanol–water partition coefficient (Wildman–Crippen LogP) is 1.14. The van der Waals surface area contributed by atoms with E-state index in [1.54, 1.807) is 6.92 Å². The number of nitrogens with two attached hydrogens (primary N) is 1. The van der Waals surface area contributed by atoms with Gasteiger partial charge >= 0.3 is 5.97 Å². The lowest BCUT2D eigenvalue weighted by atomic mass is 10.1. The van der Waals surface area contributed by atoms with E-state index in [0.717, 1.165) is 0 Å². The zero-order valence-electron chi connectivity index (χ0n) is 10.0. The van der Waals surface area contributed by atoms with Crippen LogP contribution in [0.1, 0.15) is 17.3 Å². The predicted molar refractivity (Wildman–Crippen MR) is 66.6 cm³/mol. The summed E-state index contributed by atoms with van der Waals surface area (Å²) in [6.45, 7) is 2.67. The van der Waals surface area contributed by atoms with Crippen molar-refractivity contribution in [2.45, 2.75) is 6.92 Å². The Morgan fingerprint density at radius 1 is 1.56 bits per heavy atom. The Balaban J connectivity index is 3.03. The van der Waals surface area contributed by atoms with Gasteiger partial charge in [0.1, 0.15) is 5.69 Å². The van der Waals surface area contributed by atoms with Crippen molar-refractivity contribution in [3.8, 4) is 0 Å². The van der Waals surface area contributed by atoms with E-state index in [1.165, 1.54) is 18.2 Å². The highest BCUT2D eigenvalue weighted by molar-refractivity contribution is 5.91. The number of carbonyl (C=O) groups is 1. The number of benzene rings is 1. The van der Waals surface area contributed by atoms with Gasteiger partial charge in [-0.25, -0.2) is 4.79 Å². The normalized spacial score (nSPS) is 9.89. The molecule has 7 nitrogen and oxygen atoms in total. The van der Waals surface area contributed by atoms with Crippen LogP contribution in [0.4, 0.5) is 11.4 Å². The number of carbonyl (C=O) groups excluding carboxylic acids is 1. The van der Waals surface area contributed by atoms with Crippen LogP contribution >= 0.6 is 0 Å². The molecule has 0 saturated carbocycles. The first kappa shape index (κ1) is 13.9. The van der Waals surface area contributed by atoms with Gasteiger partial charge in [-0.05, 0) is 19.1 Å². The molecule has 0 unspecified atom stereocenters. The Morgan fingerprint density at radius 3 is 2.83 bits per heavy atom. The number of rotatable bonds is 6. The maximum Gasteiger partial charge on any atom is 0.338 e. The topological polar surface area (TPSA) is 107 Å². The minimum atomic E-state index is -0.578. The molecule has 0 bridgehead atoms. The van der Waals surface area contributed by atoms with Crippen molar-refractivity contribution in [1.82, 2.24) is 0 Å². The number of nitro groups is 1. The van der Waals surface area contributed by atoms with Gasteiger partial charge in [-0.3, -0.25) is 10.1 Å². The Kier molecular flexibility index (Phi) is 5.06. The summed E-state index contributed by atoms with van der Waals surface area (Å²) in [6, 6.07) is 4.14. The molecule has 0 atom stereocenters. The molecular weight excluding hydrogens is 238 g/mol. The lowest BCUT2D eigenvalue weighted by Crippen LogP contribution is -2.14. The highest BCUT2D eigenvalue weighted by Crippen LogP contribution is 2.25. The van der Waals surface area contributed by atoms with E-state index in [2.05, 4.69) is 5.32 Å². The summed E-state index contributed by atoms with van der Waals surface area (Å²) >= 11 is 0. The average molecular weight is 253 g/mol. The van der Waals surface area contributed by atoms with E-state index < -0.39 is 10.9 Å². The second-order valence-electron chi connectivity index (χ2n) is 3.42. The largest absolute Gasteiger partial charge is 0.462 e. The molecule has 0 aromatic heterocycles. The molecule has 1 rings (SSSR count). The molecule has 0 fully saturated rings. The molecule has 0 spiro atoms. The van der Waals surface area contributed by atoms with E-state index in [-0.39, 0.29) is 17.9 Å². The van der Waals surface area contributed by atoms with Crippen molar-refractivity contribution in [3.05, 3.63) is 33.9 Å². The summed E-state index contributed by atoms with van der Waals surface area (Å²) in [5, 5.41) is 13.7. The van der Waals surface area contributed by atoms with Crippen molar-refractivity contribution < 1.29 is 14.5 Å². The number of hydrogen-bond acceptors (Lipinski definition) is 6. The minimum absolute atomic E-state index is 0.154. The fourth-order valence-corrected chi connectivity index (χ4v) is 1.38. The third-order valence-electron chi connectivity index (χ3n) is 2.17. The van der Waals surface area contributed by atoms with Gasteiger partial charge in [-0.2, -0.15) is 0 Å². The molecule has 0 aliphatic heterocycles. The highest BCUT2D eigenvalue weighted by atomic mass is 16.6. The minimum Gasteiger partial charge on any atom is -0.462 e. The van der Waals surface area contributed by atoms with Crippen LogP contribution in [0.25, 0.3) is 0 Å². The number of ether oxygens (including phenoxy) is 1. The number of nitro benzene ring substituents is 1. The number of nitrogens with one attached hydrogen (secondary N) is 1. The molecule has 3 N–H and O–H groups in total. The molecular formula is C11H15N3O4. The third-order valence-corrected chi connectivity index (χ3v) is 2.17. The van der Waals surface area contributed by atoms with Crippen LogP contribution < -0.4 is 11.1 Å². The molecule has 1 aromatic carbocycles. The van der Waals surface area contributed by atoms with Gasteiger partial charge in [0.25, 0.3) is 5.69 Å². The zero-order valence-corrected chi connectivity index (χ0v) is 10.0. The fraction of sp³-hybridized carbons (Fsp3) is 0.364. The van der Waals surface area contributed by atoms with Gasteiger partial charge in [0.15, 0.2) is 0 Å². The number of nitrogens with zero attached hydrogens (tertiary/aromatic N) is 1. The first-order chi connectivity index (χ1) is 8.60. The molecule has 0 aliphatic rings. The van der Waals surface area contributed by atoms with Crippen LogP contribution in [0, 0.1) is 10.1 Å². The molecule has 0 heterocycles. The molecule has 18 heavy (non-hydrogen) atoms. The lowest BCUT2D eigenvalue weighted by molar-refractivity contribution is -0.384. The molecule has 0 saturated heterocycles. The molecule has 98 valence electrons. The first-order valence-electron chi connectivity index (χ1n) is 5.49. The fourth-order valence-electron chi connectivity index (χ4n) is 1.38. The summed E-state index contributed by atoms with van der Waals surface area (Å²) in [6.07, 6.45) is 0. The summed E-state index contributed by atoms with van der Waals surface area (Å²) in [7, 11) is 0. The summed E-state index contributed by atoms with van der Waals surface area (Å²) in [5.74, 6) is -0.578. The van der Waals surface area contributed by atoms with Gasteiger partial charge < -0.3 is 15.8 Å². The Bertz CT molecular complexity index is 448. The average Bonchev–Trinajstić information content (AvgIpc) is 2.36. The van der Waals surface area contributed by atoms with Crippen LogP contribution in [0.2, 0.25) is 0 Å². The van der Waals surface area contributed by atoms with E-state index in [9.17, 15) is 14.9 Å². The number of hydrogen-bond donors (Lipinski definition) is 2. The third kappa shape index (κ3) is 3.42. The van der Waals surface area contributed by atoms with E-state index >= 15 is 0 Å². The maximum absolute atomic E-state index is 11.5. The first-order valence-corrected chi connectivity index (χ1v) is 5.49. The SMILES string of the molecule is CCOC(=O)c1ccc(NCCN)c([N+](=O)[O-])c1. The van der Waals surface area contributed by atoms with Crippen molar-refractivity contribution in [2.24, 2.45) is 5.73 Å². The standard InChI is InChI=1S/C11H15N3O4/c1-2-18-11(15)8-3-4-9(13-6-5-12)10(7-8)14(16)17/h3-4,7,13H,2,5-6,12H2,1H3. The van der Waals surface area contributed by atoms with Gasteiger partial charge in [0, 0.05) is 19.2 Å². The van der Waals surface area contributed by atoms with Crippen molar-refractivity contribution in [3.63, 3.8) is 0 Å². The molecule has 0 aliphatic carbocycles. The van der Waals surface area contributed by atoms with Crippen LogP contribution in [-0.4, -0.2) is 30.6 Å². The van der Waals surface area contributed by atoms with E-state index in [0.29, 0.717) is 18.8 Å². The van der Waals surface area contributed by atoms with Crippen LogP contribution in [0.15, 0.2) is 18.2 Å². The molecule has 1 aromatic rings. The monoisotopic (exact) mass is 253 g/mol. The Morgan fingerprint density at radius 2 is 2.28 bits per heavy atom. The second kappa shape index (κ2) is 6.55. The quantitative estimate of drug-likeness (QED) is 0.447. The molecule has 0 radical (unpaired) electrons. The number of anilines is 1. The Hall–Kier alpha value is -2.15. The van der Waals surface area contributed by atoms with Gasteiger partial charge in [-0.1, -0.05) is 0 Å². The second-order valence-corrected chi connectivity index (χ2v) is 3.42. The molecule has 7 heteroatoms. The summed E-state index contributed by atoms with van der Waals surface area (Å²) in [5.41, 5.74) is 5.63. The van der Waals surface area contributed by atoms with Crippen LogP contribution in [-0.2, 0) is 4.74 Å². The van der Waals surface area contributed by atoms with Crippen LogP contribution in [0.5, 0.6) is 0 Å². The van der Waals surface area contributed by atoms with Crippen molar-refractivity contribution in [1.29, 1.82) is 0 Å². The summed E-state index contributed by atoms with van der Waals surface area (Å²) in [4.78, 5) is 21.8. The zero-order chi connectivity index (χ0) is 13.5. The van der Waals surface area contributed by atoms with Crippen molar-refractivity contribution in [2.75, 3.05) is 25.0 Å². The molecule has 0 amide bonds. The highest BCUT2D eigenvalue weighted by Gasteiger charge is 2.17. The number of esters is 1.